The average Bonchev–Trinajstić information content (AvgIpc) is 3.29. The molecule has 0 saturated carbocycles. The van der Waals surface area contributed by atoms with E-state index in [2.05, 4.69) is 159 Å². The van der Waals surface area contributed by atoms with Gasteiger partial charge in [-0.1, -0.05) is 135 Å². The number of benzene rings is 8. The Kier molecular flexibility index (Phi) is 5.05. The monoisotopic (exact) mass is 546 g/mol. The maximum Gasteiger partial charge on any atom is 0.0159 e. The Labute approximate surface area is 251 Å². The van der Waals surface area contributed by atoms with Crippen molar-refractivity contribution < 1.29 is 0 Å². The molecule has 8 aromatic carbocycles. The van der Waals surface area contributed by atoms with Gasteiger partial charge in [0.25, 0.3) is 0 Å². The Morgan fingerprint density at radius 1 is 0.326 bits per heavy atom. The highest BCUT2D eigenvalue weighted by atomic mass is 14.4. The second-order valence-electron chi connectivity index (χ2n) is 12.6. The summed E-state index contributed by atoms with van der Waals surface area (Å²) in [4.78, 5) is 0. The van der Waals surface area contributed by atoms with Crippen LogP contribution in [0.25, 0.3) is 76.5 Å². The summed E-state index contributed by atoms with van der Waals surface area (Å²) in [6.07, 6.45) is 0. The van der Waals surface area contributed by atoms with Gasteiger partial charge in [0.15, 0.2) is 0 Å². The average molecular weight is 547 g/mol. The van der Waals surface area contributed by atoms with Gasteiger partial charge in [0.2, 0.25) is 0 Å². The van der Waals surface area contributed by atoms with Crippen LogP contribution in [0.2, 0.25) is 0 Å². The molecule has 0 atom stereocenters. The molecule has 1 aliphatic rings. The summed E-state index contributed by atoms with van der Waals surface area (Å²) in [6, 6.07) is 54.3. The van der Waals surface area contributed by atoms with Gasteiger partial charge in [0.1, 0.15) is 0 Å². The normalized spacial score (nSPS) is 13.5. The minimum absolute atomic E-state index is 0.0873. The van der Waals surface area contributed by atoms with Crippen LogP contribution in [-0.2, 0) is 5.41 Å². The molecule has 0 heterocycles. The molecule has 0 bridgehead atoms. The Hall–Kier alpha value is -5.20. The van der Waals surface area contributed by atoms with Crippen LogP contribution >= 0.6 is 0 Å². The molecule has 9 rings (SSSR count). The van der Waals surface area contributed by atoms with Crippen molar-refractivity contribution in [2.24, 2.45) is 0 Å². The van der Waals surface area contributed by atoms with E-state index in [0.29, 0.717) is 0 Å². The first-order valence-electron chi connectivity index (χ1n) is 15.2. The predicted octanol–water partition coefficient (Wildman–Crippen LogP) is 11.9. The predicted molar refractivity (Wildman–Crippen MR) is 185 cm³/mol. The summed E-state index contributed by atoms with van der Waals surface area (Å²) in [5.74, 6) is 0. The van der Waals surface area contributed by atoms with Crippen molar-refractivity contribution in [2.45, 2.75) is 19.3 Å². The van der Waals surface area contributed by atoms with Crippen LogP contribution in [0.1, 0.15) is 25.0 Å². The zero-order chi connectivity index (χ0) is 28.7. The number of fused-ring (bicyclic) bond motifs is 9. The van der Waals surface area contributed by atoms with Crippen molar-refractivity contribution in [3.05, 3.63) is 157 Å². The molecule has 0 heteroatoms. The first kappa shape index (κ1) is 24.4. The van der Waals surface area contributed by atoms with E-state index in [9.17, 15) is 0 Å². The van der Waals surface area contributed by atoms with Crippen molar-refractivity contribution in [1.82, 2.24) is 0 Å². The lowest BCUT2D eigenvalue weighted by Crippen LogP contribution is -2.15. The molecule has 0 saturated heterocycles. The molecule has 0 spiro atoms. The zero-order valence-corrected chi connectivity index (χ0v) is 24.4. The fourth-order valence-electron chi connectivity index (χ4n) is 7.46. The van der Waals surface area contributed by atoms with Gasteiger partial charge in [-0.05, 0) is 112 Å². The van der Waals surface area contributed by atoms with Crippen molar-refractivity contribution in [1.29, 1.82) is 0 Å². The molecular formula is C43H30. The molecule has 0 amide bonds. The lowest BCUT2D eigenvalue weighted by molar-refractivity contribution is 0.661. The molecule has 0 N–H and O–H groups in total. The van der Waals surface area contributed by atoms with E-state index in [0.717, 1.165) is 0 Å². The molecule has 0 aromatic heterocycles. The summed E-state index contributed by atoms with van der Waals surface area (Å²) in [5.41, 5.74) is 10.5. The molecule has 0 aliphatic heterocycles. The minimum atomic E-state index is -0.0873. The first-order chi connectivity index (χ1) is 21.0. The Bertz CT molecular complexity index is 2420. The van der Waals surface area contributed by atoms with Gasteiger partial charge in [-0.2, -0.15) is 0 Å². The van der Waals surface area contributed by atoms with Gasteiger partial charge in [-0.15, -0.1) is 0 Å². The maximum atomic E-state index is 2.44. The van der Waals surface area contributed by atoms with Crippen LogP contribution in [0.4, 0.5) is 0 Å². The number of rotatable bonds is 2. The van der Waals surface area contributed by atoms with Crippen molar-refractivity contribution in [3.8, 4) is 33.4 Å². The van der Waals surface area contributed by atoms with Gasteiger partial charge in [-0.3, -0.25) is 0 Å². The first-order valence-corrected chi connectivity index (χ1v) is 15.2. The highest BCUT2D eigenvalue weighted by molar-refractivity contribution is 6.17. The van der Waals surface area contributed by atoms with Crippen LogP contribution in [0, 0.1) is 0 Å². The Morgan fingerprint density at radius 3 is 1.49 bits per heavy atom. The molecule has 0 unspecified atom stereocenters. The van der Waals surface area contributed by atoms with E-state index in [1.54, 1.807) is 0 Å². The molecule has 202 valence electrons. The smallest absolute Gasteiger partial charge is 0.0159 e. The summed E-state index contributed by atoms with van der Waals surface area (Å²) < 4.78 is 0. The van der Waals surface area contributed by atoms with E-state index in [4.69, 9.17) is 0 Å². The third-order valence-corrected chi connectivity index (χ3v) is 9.84. The quantitative estimate of drug-likeness (QED) is 0.189. The van der Waals surface area contributed by atoms with Gasteiger partial charge >= 0.3 is 0 Å². The highest BCUT2D eigenvalue weighted by Gasteiger charge is 2.35. The van der Waals surface area contributed by atoms with Crippen molar-refractivity contribution in [2.75, 3.05) is 0 Å². The molecule has 0 nitrogen and oxygen atoms in total. The molecule has 0 fully saturated rings. The van der Waals surface area contributed by atoms with Crippen LogP contribution < -0.4 is 0 Å². The van der Waals surface area contributed by atoms with Crippen molar-refractivity contribution in [3.63, 3.8) is 0 Å². The fourth-order valence-corrected chi connectivity index (χ4v) is 7.46. The van der Waals surface area contributed by atoms with Crippen molar-refractivity contribution >= 4 is 43.1 Å². The van der Waals surface area contributed by atoms with Gasteiger partial charge in [0.05, 0.1) is 0 Å². The lowest BCUT2D eigenvalue weighted by atomic mass is 9.80. The molecule has 8 aromatic rings. The molecule has 0 radical (unpaired) electrons. The minimum Gasteiger partial charge on any atom is -0.0616 e. The summed E-state index contributed by atoms with van der Waals surface area (Å²) in [6.45, 7) is 4.76. The summed E-state index contributed by atoms with van der Waals surface area (Å²) in [7, 11) is 0. The lowest BCUT2D eigenvalue weighted by Gasteiger charge is -2.23. The largest absolute Gasteiger partial charge is 0.0616 e. The zero-order valence-electron chi connectivity index (χ0n) is 24.4. The number of hydrogen-bond donors (Lipinski definition) is 0. The standard InChI is InChI=1S/C43H30/c1-43(2)41-25-33(31-13-11-27-7-3-4-9-30(27)23-31)17-21-38(41)39-22-18-34(26-42(39)43)32-14-12-29-16-19-36-35-10-6-5-8-28(35)15-20-37(36)40(29)24-32/h3-26H,1-2H3. The van der Waals surface area contributed by atoms with E-state index >= 15 is 0 Å². The van der Waals surface area contributed by atoms with E-state index in [1.165, 1.54) is 87.6 Å². The fraction of sp³-hybridized carbons (Fsp3) is 0.0698. The van der Waals surface area contributed by atoms with Crippen LogP contribution in [0.5, 0.6) is 0 Å². The van der Waals surface area contributed by atoms with E-state index in [1.807, 2.05) is 0 Å². The molecular weight excluding hydrogens is 516 g/mol. The second kappa shape index (κ2) is 8.90. The summed E-state index contributed by atoms with van der Waals surface area (Å²) >= 11 is 0. The van der Waals surface area contributed by atoms with Crippen LogP contribution in [0.15, 0.2) is 146 Å². The van der Waals surface area contributed by atoms with Gasteiger partial charge in [0, 0.05) is 5.41 Å². The second-order valence-corrected chi connectivity index (χ2v) is 12.6. The molecule has 1 aliphatic carbocycles. The molecule has 43 heavy (non-hydrogen) atoms. The summed E-state index contributed by atoms with van der Waals surface area (Å²) in [5, 5.41) is 10.4. The van der Waals surface area contributed by atoms with E-state index in [-0.39, 0.29) is 5.41 Å². The third kappa shape index (κ3) is 3.63. The highest BCUT2D eigenvalue weighted by Crippen LogP contribution is 2.51. The van der Waals surface area contributed by atoms with E-state index < -0.39 is 0 Å². The van der Waals surface area contributed by atoms with Crippen LogP contribution in [-0.4, -0.2) is 0 Å². The van der Waals surface area contributed by atoms with Crippen LogP contribution in [0.3, 0.4) is 0 Å². The van der Waals surface area contributed by atoms with Gasteiger partial charge in [-0.25, -0.2) is 0 Å². The SMILES string of the molecule is CC1(C)c2cc(-c3ccc4ccccc4c3)ccc2-c2ccc(-c3ccc4ccc5c6ccccc6ccc5c4c3)cc21. The topological polar surface area (TPSA) is 0 Å². The Balaban J connectivity index is 1.15. The Morgan fingerprint density at radius 2 is 0.791 bits per heavy atom. The number of hydrogen-bond acceptors (Lipinski definition) is 0. The third-order valence-electron chi connectivity index (χ3n) is 9.84. The maximum absolute atomic E-state index is 2.44. The van der Waals surface area contributed by atoms with Gasteiger partial charge < -0.3 is 0 Å².